The Morgan fingerprint density at radius 2 is 2.04 bits per heavy atom. The molecule has 0 bridgehead atoms. The van der Waals surface area contributed by atoms with E-state index in [1.807, 2.05) is 0 Å². The molecule has 0 radical (unpaired) electrons. The average molecular weight is 376 g/mol. The number of hydrogen-bond donors (Lipinski definition) is 1. The number of rotatable bonds is 7. The van der Waals surface area contributed by atoms with Gasteiger partial charge in [0.2, 0.25) is 5.78 Å². The Labute approximate surface area is 155 Å². The van der Waals surface area contributed by atoms with Crippen molar-refractivity contribution in [2.24, 2.45) is 0 Å². The molecule has 1 aliphatic rings. The van der Waals surface area contributed by atoms with Crippen molar-refractivity contribution in [1.82, 2.24) is 4.90 Å². The number of amides is 1. The smallest absolute Gasteiger partial charge is 0.290 e. The number of nitrogens with zero attached hydrogens (tertiary/aromatic N) is 1. The molecule has 0 saturated heterocycles. The number of methoxy groups -OCH3 is 1. The quantitative estimate of drug-likeness (QED) is 0.591. The van der Waals surface area contributed by atoms with E-state index in [2.05, 4.69) is 0 Å². The number of hydrogen-bond acceptors (Lipinski definition) is 5. The summed E-state index contributed by atoms with van der Waals surface area (Å²) in [7, 11) is 1.57. The van der Waals surface area contributed by atoms with Gasteiger partial charge in [0.1, 0.15) is 0 Å². The first kappa shape index (κ1) is 18.2. The summed E-state index contributed by atoms with van der Waals surface area (Å²) in [5.41, 5.74) is 0.684. The van der Waals surface area contributed by atoms with Gasteiger partial charge >= 0.3 is 0 Å². The van der Waals surface area contributed by atoms with Crippen LogP contribution in [0, 0.1) is 0 Å². The number of carbonyl (C=O) groups excluding carboxylic acids is 2. The number of ether oxygens (including phenoxy) is 1. The van der Waals surface area contributed by atoms with E-state index in [4.69, 9.17) is 20.8 Å². The van der Waals surface area contributed by atoms with Crippen LogP contribution in [-0.2, 0) is 9.53 Å². The molecule has 7 heteroatoms. The van der Waals surface area contributed by atoms with Gasteiger partial charge in [-0.2, -0.15) is 0 Å². The van der Waals surface area contributed by atoms with Gasteiger partial charge in [-0.05, 0) is 36.2 Å². The van der Waals surface area contributed by atoms with Crippen LogP contribution in [-0.4, -0.2) is 42.0 Å². The molecule has 1 aromatic carbocycles. The van der Waals surface area contributed by atoms with Crippen molar-refractivity contribution in [1.29, 1.82) is 0 Å². The molecule has 2 heterocycles. The Kier molecular flexibility index (Phi) is 5.44. The Bertz CT molecular complexity index is 826. The van der Waals surface area contributed by atoms with Gasteiger partial charge in [0.05, 0.1) is 17.9 Å². The fourth-order valence-electron chi connectivity index (χ4n) is 3.03. The minimum absolute atomic E-state index is 0.00434. The van der Waals surface area contributed by atoms with Gasteiger partial charge in [0, 0.05) is 25.3 Å². The summed E-state index contributed by atoms with van der Waals surface area (Å²) in [5, 5.41) is 10.9. The van der Waals surface area contributed by atoms with Crippen molar-refractivity contribution in [3.05, 3.63) is 70.3 Å². The van der Waals surface area contributed by atoms with Gasteiger partial charge < -0.3 is 19.2 Å². The minimum Gasteiger partial charge on any atom is -0.503 e. The van der Waals surface area contributed by atoms with Crippen molar-refractivity contribution < 1.29 is 23.8 Å². The summed E-state index contributed by atoms with van der Waals surface area (Å²) in [4.78, 5) is 26.9. The molecule has 136 valence electrons. The van der Waals surface area contributed by atoms with Crippen molar-refractivity contribution in [3.63, 3.8) is 0 Å². The third-order valence-corrected chi connectivity index (χ3v) is 4.48. The fourth-order valence-corrected chi connectivity index (χ4v) is 3.15. The van der Waals surface area contributed by atoms with Crippen LogP contribution in [0.1, 0.15) is 28.6 Å². The van der Waals surface area contributed by atoms with E-state index in [0.717, 1.165) is 0 Å². The highest BCUT2D eigenvalue weighted by molar-refractivity contribution is 6.30. The third kappa shape index (κ3) is 3.38. The third-order valence-electron chi connectivity index (χ3n) is 4.23. The molecule has 1 atom stereocenters. The fraction of sp³-hybridized carbons (Fsp3) is 0.263. The summed E-state index contributed by atoms with van der Waals surface area (Å²) < 4.78 is 10.2. The van der Waals surface area contributed by atoms with E-state index in [9.17, 15) is 14.7 Å². The lowest BCUT2D eigenvalue weighted by Gasteiger charge is -2.26. The Morgan fingerprint density at radius 3 is 2.65 bits per heavy atom. The minimum atomic E-state index is -0.714. The van der Waals surface area contributed by atoms with Crippen LogP contribution in [0.15, 0.2) is 58.4 Å². The number of aliphatic hydroxyl groups excluding tert-OH is 1. The van der Waals surface area contributed by atoms with Crippen LogP contribution >= 0.6 is 11.6 Å². The van der Waals surface area contributed by atoms with Gasteiger partial charge in [0.25, 0.3) is 5.91 Å². The average Bonchev–Trinajstić information content (AvgIpc) is 3.25. The van der Waals surface area contributed by atoms with E-state index < -0.39 is 23.5 Å². The summed E-state index contributed by atoms with van der Waals surface area (Å²) in [6.45, 7) is 0.790. The maximum atomic E-state index is 12.8. The maximum Gasteiger partial charge on any atom is 0.290 e. The Hall–Kier alpha value is -2.57. The molecule has 1 N–H and O–H groups in total. The summed E-state index contributed by atoms with van der Waals surface area (Å²) in [6, 6.07) is 9.19. The zero-order chi connectivity index (χ0) is 18.7. The van der Waals surface area contributed by atoms with E-state index in [1.165, 1.54) is 17.2 Å². The van der Waals surface area contributed by atoms with Crippen LogP contribution in [0.4, 0.5) is 0 Å². The maximum absolute atomic E-state index is 12.8. The van der Waals surface area contributed by atoms with E-state index in [0.29, 0.717) is 30.2 Å². The molecule has 2 aromatic rings. The molecule has 0 spiro atoms. The van der Waals surface area contributed by atoms with E-state index >= 15 is 0 Å². The van der Waals surface area contributed by atoms with E-state index in [1.54, 1.807) is 37.4 Å². The number of halogens is 1. The first-order valence-electron chi connectivity index (χ1n) is 8.11. The zero-order valence-corrected chi connectivity index (χ0v) is 14.9. The van der Waals surface area contributed by atoms with Crippen molar-refractivity contribution in [2.45, 2.75) is 12.5 Å². The summed E-state index contributed by atoms with van der Waals surface area (Å²) >= 11 is 5.95. The lowest BCUT2D eigenvalue weighted by molar-refractivity contribution is -0.129. The van der Waals surface area contributed by atoms with Gasteiger partial charge in [-0.1, -0.05) is 23.7 Å². The lowest BCUT2D eigenvalue weighted by Crippen LogP contribution is -2.32. The SMILES string of the molecule is COCCCN1C(=O)C(O)=C(C(=O)c2ccco2)C1c1ccc(Cl)cc1. The summed E-state index contributed by atoms with van der Waals surface area (Å²) in [5.74, 6) is -1.59. The predicted octanol–water partition coefficient (Wildman–Crippen LogP) is 3.55. The highest BCUT2D eigenvalue weighted by Gasteiger charge is 2.44. The topological polar surface area (TPSA) is 80.0 Å². The predicted molar refractivity (Wildman–Crippen MR) is 95.1 cm³/mol. The molecule has 3 rings (SSSR count). The number of carbonyl (C=O) groups is 2. The normalized spacial score (nSPS) is 17.2. The molecule has 1 aromatic heterocycles. The molecule has 0 saturated carbocycles. The second-order valence-corrected chi connectivity index (χ2v) is 6.30. The van der Waals surface area contributed by atoms with Crippen molar-refractivity contribution in [2.75, 3.05) is 20.3 Å². The molecule has 1 aliphatic heterocycles. The number of aliphatic hydroxyl groups is 1. The van der Waals surface area contributed by atoms with Gasteiger partial charge in [0.15, 0.2) is 11.5 Å². The van der Waals surface area contributed by atoms with Gasteiger partial charge in [-0.15, -0.1) is 0 Å². The zero-order valence-electron chi connectivity index (χ0n) is 14.1. The highest BCUT2D eigenvalue weighted by Crippen LogP contribution is 2.39. The van der Waals surface area contributed by atoms with Crippen LogP contribution in [0.3, 0.4) is 0 Å². The number of benzene rings is 1. The first-order chi connectivity index (χ1) is 12.5. The molecule has 0 fully saturated rings. The van der Waals surface area contributed by atoms with Crippen molar-refractivity contribution >= 4 is 23.3 Å². The van der Waals surface area contributed by atoms with Gasteiger partial charge in [-0.3, -0.25) is 9.59 Å². The lowest BCUT2D eigenvalue weighted by atomic mass is 9.95. The number of Topliss-reactive ketones (excluding diaryl/α,β-unsaturated/α-hetero) is 1. The summed E-state index contributed by atoms with van der Waals surface area (Å²) in [6.07, 6.45) is 1.94. The van der Waals surface area contributed by atoms with E-state index in [-0.39, 0.29) is 11.3 Å². The molecule has 1 amide bonds. The van der Waals surface area contributed by atoms with Gasteiger partial charge in [-0.25, -0.2) is 0 Å². The second-order valence-electron chi connectivity index (χ2n) is 5.87. The first-order valence-corrected chi connectivity index (χ1v) is 8.49. The standard InChI is InChI=1S/C19H18ClNO5/c1-25-10-3-9-21-16(12-5-7-13(20)8-6-12)15(18(23)19(21)24)17(22)14-4-2-11-26-14/h2,4-8,11,16,23H,3,9-10H2,1H3. The number of furan rings is 1. The molecule has 1 unspecified atom stereocenters. The molecular weight excluding hydrogens is 358 g/mol. The monoisotopic (exact) mass is 375 g/mol. The van der Waals surface area contributed by atoms with Crippen LogP contribution in [0.2, 0.25) is 5.02 Å². The Balaban J connectivity index is 2.02. The second kappa shape index (κ2) is 7.76. The van der Waals surface area contributed by atoms with Crippen molar-refractivity contribution in [3.8, 4) is 0 Å². The molecule has 26 heavy (non-hydrogen) atoms. The largest absolute Gasteiger partial charge is 0.503 e. The highest BCUT2D eigenvalue weighted by atomic mass is 35.5. The van der Waals surface area contributed by atoms with Crippen LogP contribution in [0.25, 0.3) is 0 Å². The Morgan fingerprint density at radius 1 is 1.31 bits per heavy atom. The molecule has 0 aliphatic carbocycles. The van der Waals surface area contributed by atoms with Crippen LogP contribution in [0.5, 0.6) is 0 Å². The number of ketones is 1. The molecule has 6 nitrogen and oxygen atoms in total. The van der Waals surface area contributed by atoms with Crippen LogP contribution < -0.4 is 0 Å². The molecular formula is C19H18ClNO5.